The van der Waals surface area contributed by atoms with Gasteiger partial charge in [-0.2, -0.15) is 0 Å². The Morgan fingerprint density at radius 3 is 2.41 bits per heavy atom. The van der Waals surface area contributed by atoms with E-state index in [-0.39, 0.29) is 12.2 Å². The van der Waals surface area contributed by atoms with Gasteiger partial charge in [0.2, 0.25) is 0 Å². The number of esters is 1. The molecule has 8 heteroatoms. The number of anilines is 1. The molecule has 29 heavy (non-hydrogen) atoms. The number of benzene rings is 2. The van der Waals surface area contributed by atoms with E-state index in [0.29, 0.717) is 26.4 Å². The molecule has 0 saturated heterocycles. The molecule has 1 aromatic heterocycles. The fourth-order valence-electron chi connectivity index (χ4n) is 2.79. The number of carbonyl (C=O) groups is 2. The normalized spacial score (nSPS) is 10.5. The van der Waals surface area contributed by atoms with Crippen molar-refractivity contribution in [3.05, 3.63) is 69.0 Å². The summed E-state index contributed by atoms with van der Waals surface area (Å²) in [6, 6.07) is 13.9. The minimum Gasteiger partial charge on any atom is -0.484 e. The molecule has 0 radical (unpaired) electrons. The highest BCUT2D eigenvalue weighted by molar-refractivity contribution is 7.17. The number of aryl methyl sites for hydroxylation is 1. The van der Waals surface area contributed by atoms with Gasteiger partial charge in [0, 0.05) is 20.5 Å². The summed E-state index contributed by atoms with van der Waals surface area (Å²) in [6.45, 7) is 1.63. The Morgan fingerprint density at radius 1 is 1.07 bits per heavy atom. The summed E-state index contributed by atoms with van der Waals surface area (Å²) in [7, 11) is 1.30. The standard InChI is InChI=1S/C21H17Cl2NO4S/c1-12-18(13-5-3-6-14(22)9-13)19(21(26)27-2)20(29-12)24-17(25)11-28-16-8-4-7-15(23)10-16/h3-10H,11H2,1-2H3,(H,24,25). The van der Waals surface area contributed by atoms with E-state index in [2.05, 4.69) is 5.32 Å². The lowest BCUT2D eigenvalue weighted by atomic mass is 10.0. The molecule has 1 amide bonds. The van der Waals surface area contributed by atoms with Crippen LogP contribution in [0.3, 0.4) is 0 Å². The molecule has 1 heterocycles. The molecule has 5 nitrogen and oxygen atoms in total. The molecule has 0 aliphatic carbocycles. The number of nitrogens with one attached hydrogen (secondary N) is 1. The molecule has 150 valence electrons. The van der Waals surface area contributed by atoms with Gasteiger partial charge in [-0.25, -0.2) is 4.79 Å². The Labute approximate surface area is 182 Å². The third-order valence-electron chi connectivity index (χ3n) is 4.01. The zero-order valence-corrected chi connectivity index (χ0v) is 18.0. The maximum absolute atomic E-state index is 12.5. The minimum atomic E-state index is -0.546. The average Bonchev–Trinajstić information content (AvgIpc) is 3.01. The van der Waals surface area contributed by atoms with Crippen LogP contribution in [0.5, 0.6) is 5.75 Å². The fraction of sp³-hybridized carbons (Fsp3) is 0.143. The van der Waals surface area contributed by atoms with E-state index in [0.717, 1.165) is 10.4 Å². The summed E-state index contributed by atoms with van der Waals surface area (Å²) in [6.07, 6.45) is 0. The highest BCUT2D eigenvalue weighted by Gasteiger charge is 2.25. The number of hydrogen-bond acceptors (Lipinski definition) is 5. The van der Waals surface area contributed by atoms with E-state index in [4.69, 9.17) is 32.7 Å². The van der Waals surface area contributed by atoms with Gasteiger partial charge in [0.25, 0.3) is 5.91 Å². The third kappa shape index (κ3) is 5.09. The quantitative estimate of drug-likeness (QED) is 0.480. The first-order valence-corrected chi connectivity index (χ1v) is 10.1. The van der Waals surface area contributed by atoms with Crippen LogP contribution >= 0.6 is 34.5 Å². The lowest BCUT2D eigenvalue weighted by molar-refractivity contribution is -0.118. The Balaban J connectivity index is 1.86. The largest absolute Gasteiger partial charge is 0.484 e. The number of thiophene rings is 1. The van der Waals surface area contributed by atoms with Crippen LogP contribution < -0.4 is 10.1 Å². The van der Waals surface area contributed by atoms with Crippen LogP contribution in [0.2, 0.25) is 10.0 Å². The third-order valence-corrected chi connectivity index (χ3v) is 5.50. The zero-order valence-electron chi connectivity index (χ0n) is 15.6. The van der Waals surface area contributed by atoms with Crippen molar-refractivity contribution < 1.29 is 19.1 Å². The maximum atomic E-state index is 12.5. The van der Waals surface area contributed by atoms with Crippen molar-refractivity contribution in [1.29, 1.82) is 0 Å². The van der Waals surface area contributed by atoms with E-state index in [9.17, 15) is 9.59 Å². The van der Waals surface area contributed by atoms with Crippen molar-refractivity contribution in [3.8, 4) is 16.9 Å². The summed E-state index contributed by atoms with van der Waals surface area (Å²) in [4.78, 5) is 25.7. The van der Waals surface area contributed by atoms with Gasteiger partial charge in [0.15, 0.2) is 6.61 Å². The van der Waals surface area contributed by atoms with Gasteiger partial charge in [-0.05, 0) is 42.8 Å². The smallest absolute Gasteiger partial charge is 0.341 e. The number of carbonyl (C=O) groups excluding carboxylic acids is 2. The SMILES string of the molecule is COC(=O)c1c(NC(=O)COc2cccc(Cl)c2)sc(C)c1-c1cccc(Cl)c1. The van der Waals surface area contributed by atoms with Gasteiger partial charge in [0.1, 0.15) is 16.3 Å². The molecule has 3 rings (SSSR count). The summed E-state index contributed by atoms with van der Waals surface area (Å²) in [5, 5.41) is 4.19. The number of hydrogen-bond donors (Lipinski definition) is 1. The molecular formula is C21H17Cl2NO4S. The lowest BCUT2D eigenvalue weighted by Crippen LogP contribution is -2.21. The number of methoxy groups -OCH3 is 1. The van der Waals surface area contributed by atoms with Crippen molar-refractivity contribution in [2.75, 3.05) is 19.0 Å². The fourth-order valence-corrected chi connectivity index (χ4v) is 4.24. The molecule has 2 aromatic carbocycles. The molecule has 0 bridgehead atoms. The summed E-state index contributed by atoms with van der Waals surface area (Å²) >= 11 is 13.3. The first-order chi connectivity index (χ1) is 13.9. The Morgan fingerprint density at radius 2 is 1.76 bits per heavy atom. The van der Waals surface area contributed by atoms with Crippen molar-refractivity contribution >= 4 is 51.4 Å². The predicted octanol–water partition coefficient (Wildman–Crippen LogP) is 5.83. The lowest BCUT2D eigenvalue weighted by Gasteiger charge is -2.09. The monoisotopic (exact) mass is 449 g/mol. The number of halogens is 2. The predicted molar refractivity (Wildman–Crippen MR) is 116 cm³/mol. The Hall–Kier alpha value is -2.54. The Bertz CT molecular complexity index is 1060. The van der Waals surface area contributed by atoms with Crippen LogP contribution in [0.15, 0.2) is 48.5 Å². The van der Waals surface area contributed by atoms with E-state index in [1.54, 1.807) is 42.5 Å². The van der Waals surface area contributed by atoms with Gasteiger partial charge in [0.05, 0.1) is 7.11 Å². The van der Waals surface area contributed by atoms with Gasteiger partial charge in [-0.15, -0.1) is 11.3 Å². The maximum Gasteiger partial charge on any atom is 0.341 e. The second-order valence-corrected chi connectivity index (χ2v) is 8.13. The van der Waals surface area contributed by atoms with Crippen molar-refractivity contribution in [2.45, 2.75) is 6.92 Å². The second kappa shape index (κ2) is 9.31. The minimum absolute atomic E-state index is 0.232. The zero-order chi connectivity index (χ0) is 21.0. The van der Waals surface area contributed by atoms with E-state index in [1.807, 2.05) is 13.0 Å². The van der Waals surface area contributed by atoms with Gasteiger partial charge >= 0.3 is 5.97 Å². The van der Waals surface area contributed by atoms with E-state index in [1.165, 1.54) is 18.4 Å². The molecule has 0 aliphatic rings. The highest BCUT2D eigenvalue weighted by Crippen LogP contribution is 2.40. The molecular weight excluding hydrogens is 433 g/mol. The van der Waals surface area contributed by atoms with Crippen LogP contribution in [0.25, 0.3) is 11.1 Å². The number of amides is 1. The molecule has 0 spiro atoms. The van der Waals surface area contributed by atoms with Crippen LogP contribution in [0, 0.1) is 6.92 Å². The van der Waals surface area contributed by atoms with Gasteiger partial charge < -0.3 is 14.8 Å². The molecule has 0 atom stereocenters. The van der Waals surface area contributed by atoms with E-state index >= 15 is 0 Å². The first-order valence-electron chi connectivity index (χ1n) is 8.55. The molecule has 1 N–H and O–H groups in total. The molecule has 0 aliphatic heterocycles. The Kier molecular flexibility index (Phi) is 6.79. The van der Waals surface area contributed by atoms with Crippen molar-refractivity contribution in [2.24, 2.45) is 0 Å². The summed E-state index contributed by atoms with van der Waals surface area (Å²) in [5.41, 5.74) is 1.73. The summed E-state index contributed by atoms with van der Waals surface area (Å²) < 4.78 is 10.4. The molecule has 0 fully saturated rings. The molecule has 0 unspecified atom stereocenters. The van der Waals surface area contributed by atoms with Crippen LogP contribution in [0.1, 0.15) is 15.2 Å². The van der Waals surface area contributed by atoms with Gasteiger partial charge in [-0.1, -0.05) is 41.4 Å². The summed E-state index contributed by atoms with van der Waals surface area (Å²) in [5.74, 6) is -0.479. The molecule has 3 aromatic rings. The van der Waals surface area contributed by atoms with Crippen molar-refractivity contribution in [3.63, 3.8) is 0 Å². The van der Waals surface area contributed by atoms with Crippen molar-refractivity contribution in [1.82, 2.24) is 0 Å². The first kappa shape index (κ1) is 21.2. The van der Waals surface area contributed by atoms with E-state index < -0.39 is 11.9 Å². The van der Waals surface area contributed by atoms with Crippen LogP contribution in [-0.2, 0) is 9.53 Å². The van der Waals surface area contributed by atoms with Gasteiger partial charge in [-0.3, -0.25) is 4.79 Å². The average molecular weight is 450 g/mol. The van der Waals surface area contributed by atoms with Crippen LogP contribution in [0.4, 0.5) is 5.00 Å². The topological polar surface area (TPSA) is 64.6 Å². The van der Waals surface area contributed by atoms with Crippen LogP contribution in [-0.4, -0.2) is 25.6 Å². The number of ether oxygens (including phenoxy) is 2. The second-order valence-electron chi connectivity index (χ2n) is 6.03. The molecule has 0 saturated carbocycles. The highest BCUT2D eigenvalue weighted by atomic mass is 35.5. The number of rotatable bonds is 6.